The van der Waals surface area contributed by atoms with Crippen LogP contribution in [-0.4, -0.2) is 11.9 Å². The van der Waals surface area contributed by atoms with E-state index in [1.54, 1.807) is 6.92 Å². The van der Waals surface area contributed by atoms with Crippen molar-refractivity contribution < 1.29 is 18.0 Å². The van der Waals surface area contributed by atoms with Crippen LogP contribution < -0.4 is 11.1 Å². The Morgan fingerprint density at radius 1 is 1.50 bits per heavy atom. The molecule has 0 bridgehead atoms. The van der Waals surface area contributed by atoms with Gasteiger partial charge in [0.25, 0.3) is 0 Å². The maximum absolute atomic E-state index is 12.7. The normalized spacial score (nSPS) is 13.2. The highest BCUT2D eigenvalue weighted by Crippen LogP contribution is 2.38. The first-order chi connectivity index (χ1) is 8.27. The minimum atomic E-state index is -4.59. The number of alkyl halides is 3. The molecule has 0 radical (unpaired) electrons. The lowest BCUT2D eigenvalue weighted by Crippen LogP contribution is -2.35. The lowest BCUT2D eigenvalue weighted by atomic mass is 10.1. The fourth-order valence-corrected chi connectivity index (χ4v) is 1.51. The molecule has 0 aliphatic rings. The number of rotatable bonds is 3. The van der Waals surface area contributed by atoms with E-state index >= 15 is 0 Å². The summed E-state index contributed by atoms with van der Waals surface area (Å²) in [6.07, 6.45) is -4.28. The van der Waals surface area contributed by atoms with Crippen LogP contribution in [0.2, 0.25) is 5.02 Å². The number of benzene rings is 1. The molecule has 3 nitrogen and oxygen atoms in total. The van der Waals surface area contributed by atoms with E-state index in [-0.39, 0.29) is 5.02 Å². The molecule has 0 saturated carbocycles. The van der Waals surface area contributed by atoms with Gasteiger partial charge in [0, 0.05) is 0 Å². The standard InChI is InChI=1S/C11H12ClF3N2O/c1-2-8(16)10(18)17-9-6(11(13,14)15)4-3-5-7(9)12/h3-5,8H,2,16H2,1H3,(H,17,18)/t8-/m1/s1. The van der Waals surface area contributed by atoms with Gasteiger partial charge in [0.15, 0.2) is 0 Å². The molecule has 0 aromatic heterocycles. The first kappa shape index (κ1) is 14.8. The van der Waals surface area contributed by atoms with Gasteiger partial charge >= 0.3 is 6.18 Å². The summed E-state index contributed by atoms with van der Waals surface area (Å²) in [5.74, 6) is -0.698. The molecule has 0 saturated heterocycles. The lowest BCUT2D eigenvalue weighted by molar-refractivity contribution is -0.137. The number of anilines is 1. The van der Waals surface area contributed by atoms with Crippen molar-refractivity contribution in [2.75, 3.05) is 5.32 Å². The summed E-state index contributed by atoms with van der Waals surface area (Å²) in [4.78, 5) is 11.5. The van der Waals surface area contributed by atoms with E-state index in [9.17, 15) is 18.0 Å². The van der Waals surface area contributed by atoms with Crippen LogP contribution >= 0.6 is 11.6 Å². The first-order valence-electron chi connectivity index (χ1n) is 5.19. The van der Waals surface area contributed by atoms with Crippen LogP contribution in [0.5, 0.6) is 0 Å². The minimum Gasteiger partial charge on any atom is -0.323 e. The molecule has 1 atom stereocenters. The molecule has 1 aromatic rings. The van der Waals surface area contributed by atoms with Crippen molar-refractivity contribution in [3.63, 3.8) is 0 Å². The summed E-state index contributed by atoms with van der Waals surface area (Å²) in [6.45, 7) is 1.65. The second-order valence-corrected chi connectivity index (χ2v) is 4.07. The second-order valence-electron chi connectivity index (χ2n) is 3.66. The number of nitrogens with one attached hydrogen (secondary N) is 1. The van der Waals surface area contributed by atoms with Crippen LogP contribution in [0.4, 0.5) is 18.9 Å². The van der Waals surface area contributed by atoms with E-state index in [0.29, 0.717) is 6.42 Å². The topological polar surface area (TPSA) is 55.1 Å². The Kier molecular flexibility index (Phi) is 4.59. The number of hydrogen-bond acceptors (Lipinski definition) is 2. The molecular formula is C11H12ClF3N2O. The third-order valence-corrected chi connectivity index (χ3v) is 2.66. The lowest BCUT2D eigenvalue weighted by Gasteiger charge is -2.16. The van der Waals surface area contributed by atoms with Crippen LogP contribution in [0.3, 0.4) is 0 Å². The van der Waals surface area contributed by atoms with Gasteiger partial charge in [0.05, 0.1) is 22.3 Å². The minimum absolute atomic E-state index is 0.179. The number of hydrogen-bond donors (Lipinski definition) is 2. The molecule has 0 spiro atoms. The van der Waals surface area contributed by atoms with Crippen molar-refractivity contribution in [1.29, 1.82) is 0 Å². The van der Waals surface area contributed by atoms with Crippen LogP contribution in [-0.2, 0) is 11.0 Å². The summed E-state index contributed by atoms with van der Waals surface area (Å²) in [5, 5.41) is 1.94. The van der Waals surface area contributed by atoms with E-state index in [2.05, 4.69) is 5.32 Å². The molecule has 0 aliphatic carbocycles. The van der Waals surface area contributed by atoms with E-state index in [1.165, 1.54) is 12.1 Å². The van der Waals surface area contributed by atoms with Crippen molar-refractivity contribution in [2.24, 2.45) is 5.73 Å². The van der Waals surface area contributed by atoms with E-state index in [0.717, 1.165) is 6.07 Å². The van der Waals surface area contributed by atoms with Gasteiger partial charge in [-0.25, -0.2) is 0 Å². The predicted molar refractivity (Wildman–Crippen MR) is 63.4 cm³/mol. The van der Waals surface area contributed by atoms with Crippen molar-refractivity contribution in [3.05, 3.63) is 28.8 Å². The summed E-state index contributed by atoms with van der Waals surface area (Å²) >= 11 is 5.67. The van der Waals surface area contributed by atoms with Crippen molar-refractivity contribution >= 4 is 23.2 Å². The maximum atomic E-state index is 12.7. The molecule has 1 rings (SSSR count). The third-order valence-electron chi connectivity index (χ3n) is 2.34. The number of carbonyl (C=O) groups is 1. The second kappa shape index (κ2) is 5.58. The Balaban J connectivity index is 3.12. The number of amides is 1. The quantitative estimate of drug-likeness (QED) is 0.894. The van der Waals surface area contributed by atoms with Crippen LogP contribution in [0, 0.1) is 0 Å². The fraction of sp³-hybridized carbons (Fsp3) is 0.364. The van der Waals surface area contributed by atoms with Crippen molar-refractivity contribution in [1.82, 2.24) is 0 Å². The van der Waals surface area contributed by atoms with E-state index < -0.39 is 29.4 Å². The number of para-hydroxylation sites is 1. The Bertz CT molecular complexity index is 448. The molecule has 0 unspecified atom stereocenters. The van der Waals surface area contributed by atoms with Gasteiger partial charge in [-0.15, -0.1) is 0 Å². The molecule has 100 valence electrons. The Morgan fingerprint density at radius 2 is 2.11 bits per heavy atom. The summed E-state index contributed by atoms with van der Waals surface area (Å²) in [7, 11) is 0. The molecule has 1 amide bonds. The Labute approximate surface area is 107 Å². The van der Waals surface area contributed by atoms with E-state index in [4.69, 9.17) is 17.3 Å². The first-order valence-corrected chi connectivity index (χ1v) is 5.57. The summed E-state index contributed by atoms with van der Waals surface area (Å²) < 4.78 is 38.2. The number of nitrogens with two attached hydrogens (primary N) is 1. The maximum Gasteiger partial charge on any atom is 0.418 e. The molecule has 1 aromatic carbocycles. The average molecular weight is 281 g/mol. The average Bonchev–Trinajstić information content (AvgIpc) is 2.29. The highest BCUT2D eigenvalue weighted by molar-refractivity contribution is 6.34. The van der Waals surface area contributed by atoms with Crippen LogP contribution in [0.1, 0.15) is 18.9 Å². The highest BCUT2D eigenvalue weighted by Gasteiger charge is 2.35. The molecular weight excluding hydrogens is 269 g/mol. The highest BCUT2D eigenvalue weighted by atomic mass is 35.5. The van der Waals surface area contributed by atoms with Gasteiger partial charge in [-0.2, -0.15) is 13.2 Å². The fourth-order valence-electron chi connectivity index (χ4n) is 1.29. The molecule has 0 heterocycles. The van der Waals surface area contributed by atoms with Gasteiger partial charge in [-0.05, 0) is 18.6 Å². The molecule has 3 N–H and O–H groups in total. The van der Waals surface area contributed by atoms with Gasteiger partial charge in [-0.1, -0.05) is 24.6 Å². The zero-order chi connectivity index (χ0) is 13.9. The summed E-state index contributed by atoms with van der Waals surface area (Å²) in [6, 6.07) is 2.41. The van der Waals surface area contributed by atoms with E-state index in [1.807, 2.05) is 0 Å². The van der Waals surface area contributed by atoms with Gasteiger partial charge in [0.2, 0.25) is 5.91 Å². The Hall–Kier alpha value is -1.27. The molecule has 0 fully saturated rings. The van der Waals surface area contributed by atoms with Crippen molar-refractivity contribution in [3.8, 4) is 0 Å². The predicted octanol–water partition coefficient (Wildman–Crippen LogP) is 3.03. The monoisotopic (exact) mass is 280 g/mol. The van der Waals surface area contributed by atoms with Crippen LogP contribution in [0.15, 0.2) is 18.2 Å². The smallest absolute Gasteiger partial charge is 0.323 e. The third kappa shape index (κ3) is 3.36. The SMILES string of the molecule is CC[C@@H](N)C(=O)Nc1c(Cl)cccc1C(F)(F)F. The molecule has 18 heavy (non-hydrogen) atoms. The van der Waals surface area contributed by atoms with Crippen LogP contribution in [0.25, 0.3) is 0 Å². The number of carbonyl (C=O) groups excluding carboxylic acids is 1. The van der Waals surface area contributed by atoms with Gasteiger partial charge in [0.1, 0.15) is 0 Å². The number of halogens is 4. The van der Waals surface area contributed by atoms with Gasteiger partial charge < -0.3 is 11.1 Å². The largest absolute Gasteiger partial charge is 0.418 e. The van der Waals surface area contributed by atoms with Gasteiger partial charge in [-0.3, -0.25) is 4.79 Å². The molecule has 0 aliphatic heterocycles. The molecule has 7 heteroatoms. The van der Waals surface area contributed by atoms with Crippen molar-refractivity contribution in [2.45, 2.75) is 25.6 Å². The zero-order valence-electron chi connectivity index (χ0n) is 9.51. The zero-order valence-corrected chi connectivity index (χ0v) is 10.3. The Morgan fingerprint density at radius 3 is 2.61 bits per heavy atom. The summed E-state index contributed by atoms with van der Waals surface area (Å²) in [5.41, 5.74) is 3.99.